The lowest BCUT2D eigenvalue weighted by Crippen LogP contribution is -2.26. The van der Waals surface area contributed by atoms with Gasteiger partial charge < -0.3 is 15.4 Å². The first-order valence-corrected chi connectivity index (χ1v) is 5.38. The number of nitrogens with zero attached hydrogens (tertiary/aromatic N) is 2. The van der Waals surface area contributed by atoms with Crippen molar-refractivity contribution in [3.63, 3.8) is 0 Å². The molecular formula is C12H17N3O. The van der Waals surface area contributed by atoms with E-state index >= 15 is 0 Å². The van der Waals surface area contributed by atoms with E-state index in [1.54, 1.807) is 6.33 Å². The Labute approximate surface area is 94.7 Å². The van der Waals surface area contributed by atoms with E-state index < -0.39 is 0 Å². The molecule has 4 heteroatoms. The topological polar surface area (TPSA) is 64.1 Å². The number of nitrogen functional groups attached to an aromatic ring is 1. The first-order chi connectivity index (χ1) is 7.54. The number of hydrogen-bond acceptors (Lipinski definition) is 3. The van der Waals surface area contributed by atoms with Gasteiger partial charge >= 0.3 is 0 Å². The number of aliphatic hydroxyl groups excluding tert-OH is 1. The monoisotopic (exact) mass is 219 g/mol. The predicted octanol–water partition coefficient (Wildman–Crippen LogP) is 1.74. The standard InChI is InChI=1S/C12H17N3O/c1-12(2,5-6-16)15-8-14-10-7-9(13)3-4-11(10)15/h3-4,7-8,16H,5-6,13H2,1-2H3. The number of aliphatic hydroxyl groups is 1. The van der Waals surface area contributed by atoms with Gasteiger partial charge in [-0.3, -0.25) is 0 Å². The molecule has 0 bridgehead atoms. The van der Waals surface area contributed by atoms with Gasteiger partial charge in [0.2, 0.25) is 0 Å². The van der Waals surface area contributed by atoms with Gasteiger partial charge in [-0.1, -0.05) is 0 Å². The molecule has 1 aromatic heterocycles. The molecule has 0 saturated heterocycles. The van der Waals surface area contributed by atoms with Gasteiger partial charge in [0.05, 0.1) is 17.4 Å². The van der Waals surface area contributed by atoms with Crippen molar-refractivity contribution >= 4 is 16.7 Å². The highest BCUT2D eigenvalue weighted by atomic mass is 16.3. The fourth-order valence-electron chi connectivity index (χ4n) is 1.91. The third kappa shape index (κ3) is 1.76. The molecule has 0 aliphatic carbocycles. The van der Waals surface area contributed by atoms with Gasteiger partial charge in [-0.05, 0) is 38.5 Å². The molecule has 0 fully saturated rings. The van der Waals surface area contributed by atoms with Crippen molar-refractivity contribution in [3.05, 3.63) is 24.5 Å². The lowest BCUT2D eigenvalue weighted by molar-refractivity contribution is 0.216. The molecule has 2 rings (SSSR count). The van der Waals surface area contributed by atoms with Crippen LogP contribution in [0.5, 0.6) is 0 Å². The average Bonchev–Trinajstić information content (AvgIpc) is 2.60. The number of anilines is 1. The van der Waals surface area contributed by atoms with Gasteiger partial charge in [0.15, 0.2) is 0 Å². The van der Waals surface area contributed by atoms with Crippen LogP contribution in [-0.2, 0) is 5.54 Å². The molecule has 0 atom stereocenters. The second-order valence-electron chi connectivity index (χ2n) is 4.65. The molecule has 1 heterocycles. The Morgan fingerprint density at radius 1 is 1.44 bits per heavy atom. The molecule has 0 amide bonds. The lowest BCUT2D eigenvalue weighted by Gasteiger charge is -2.26. The Kier molecular flexibility index (Phi) is 2.59. The van der Waals surface area contributed by atoms with Gasteiger partial charge in [-0.2, -0.15) is 0 Å². The molecule has 0 radical (unpaired) electrons. The Balaban J connectivity index is 2.53. The molecule has 2 aromatic rings. The quantitative estimate of drug-likeness (QED) is 0.773. The van der Waals surface area contributed by atoms with Crippen LogP contribution in [0.2, 0.25) is 0 Å². The first kappa shape index (κ1) is 11.0. The van der Waals surface area contributed by atoms with Crippen molar-refractivity contribution in [2.24, 2.45) is 0 Å². The third-order valence-corrected chi connectivity index (χ3v) is 2.95. The maximum atomic E-state index is 9.06. The molecule has 0 aliphatic rings. The summed E-state index contributed by atoms with van der Waals surface area (Å²) in [4.78, 5) is 4.33. The van der Waals surface area contributed by atoms with Crippen LogP contribution >= 0.6 is 0 Å². The maximum Gasteiger partial charge on any atom is 0.0963 e. The smallest absolute Gasteiger partial charge is 0.0963 e. The molecule has 1 aromatic carbocycles. The molecule has 3 N–H and O–H groups in total. The van der Waals surface area contributed by atoms with E-state index in [1.807, 2.05) is 18.2 Å². The minimum absolute atomic E-state index is 0.139. The third-order valence-electron chi connectivity index (χ3n) is 2.95. The van der Waals surface area contributed by atoms with Crippen LogP contribution in [0.25, 0.3) is 11.0 Å². The first-order valence-electron chi connectivity index (χ1n) is 5.38. The summed E-state index contributed by atoms with van der Waals surface area (Å²) in [5, 5.41) is 9.06. The number of rotatable bonds is 3. The highest BCUT2D eigenvalue weighted by Gasteiger charge is 2.21. The summed E-state index contributed by atoms with van der Waals surface area (Å²) in [6, 6.07) is 5.70. The number of fused-ring (bicyclic) bond motifs is 1. The van der Waals surface area contributed by atoms with E-state index in [4.69, 9.17) is 10.8 Å². The Hall–Kier alpha value is -1.55. The van der Waals surface area contributed by atoms with Crippen LogP contribution in [0, 0.1) is 0 Å². The number of imidazole rings is 1. The van der Waals surface area contributed by atoms with E-state index in [9.17, 15) is 0 Å². The SMILES string of the molecule is CC(C)(CCO)n1cnc2cc(N)ccc21. The zero-order valence-electron chi connectivity index (χ0n) is 9.64. The predicted molar refractivity (Wildman–Crippen MR) is 65.2 cm³/mol. The van der Waals surface area contributed by atoms with Crippen molar-refractivity contribution in [2.75, 3.05) is 12.3 Å². The minimum Gasteiger partial charge on any atom is -0.399 e. The van der Waals surface area contributed by atoms with Crippen molar-refractivity contribution in [1.82, 2.24) is 9.55 Å². The van der Waals surface area contributed by atoms with E-state index in [0.717, 1.165) is 16.7 Å². The molecule has 0 unspecified atom stereocenters. The summed E-state index contributed by atoms with van der Waals surface area (Å²) in [5.41, 5.74) is 8.24. The molecule has 0 aliphatic heterocycles. The van der Waals surface area contributed by atoms with Gasteiger partial charge in [0.25, 0.3) is 0 Å². The number of hydrogen-bond donors (Lipinski definition) is 2. The summed E-state index contributed by atoms with van der Waals surface area (Å²) in [6.07, 6.45) is 2.50. The highest BCUT2D eigenvalue weighted by molar-refractivity contribution is 5.79. The fourth-order valence-corrected chi connectivity index (χ4v) is 1.91. The molecule has 86 valence electrons. The molecule has 4 nitrogen and oxygen atoms in total. The van der Waals surface area contributed by atoms with Crippen molar-refractivity contribution in [1.29, 1.82) is 0 Å². The summed E-state index contributed by atoms with van der Waals surface area (Å²) in [5.74, 6) is 0. The van der Waals surface area contributed by atoms with Crippen molar-refractivity contribution in [2.45, 2.75) is 25.8 Å². The molecule has 16 heavy (non-hydrogen) atoms. The second-order valence-corrected chi connectivity index (χ2v) is 4.65. The summed E-state index contributed by atoms with van der Waals surface area (Å²) >= 11 is 0. The molecule has 0 saturated carbocycles. The average molecular weight is 219 g/mol. The molecular weight excluding hydrogens is 202 g/mol. The minimum atomic E-state index is -0.139. The van der Waals surface area contributed by atoms with Gasteiger partial charge in [0.1, 0.15) is 0 Å². The largest absolute Gasteiger partial charge is 0.399 e. The normalized spacial score (nSPS) is 12.2. The Morgan fingerprint density at radius 2 is 2.19 bits per heavy atom. The fraction of sp³-hybridized carbons (Fsp3) is 0.417. The summed E-state index contributed by atoms with van der Waals surface area (Å²) in [6.45, 7) is 4.34. The summed E-state index contributed by atoms with van der Waals surface area (Å²) in [7, 11) is 0. The lowest BCUT2D eigenvalue weighted by atomic mass is 10.0. The highest BCUT2D eigenvalue weighted by Crippen LogP contribution is 2.25. The number of nitrogens with two attached hydrogens (primary N) is 1. The Bertz CT molecular complexity index is 502. The van der Waals surface area contributed by atoms with Crippen LogP contribution in [0.1, 0.15) is 20.3 Å². The van der Waals surface area contributed by atoms with Crippen molar-refractivity contribution in [3.8, 4) is 0 Å². The number of aromatic nitrogens is 2. The van der Waals surface area contributed by atoms with E-state index in [1.165, 1.54) is 0 Å². The Morgan fingerprint density at radius 3 is 2.88 bits per heavy atom. The molecule has 0 spiro atoms. The van der Waals surface area contributed by atoms with E-state index in [0.29, 0.717) is 6.42 Å². The van der Waals surface area contributed by atoms with Crippen LogP contribution in [-0.4, -0.2) is 21.3 Å². The van der Waals surface area contributed by atoms with Gasteiger partial charge in [-0.25, -0.2) is 4.98 Å². The van der Waals surface area contributed by atoms with Crippen LogP contribution < -0.4 is 5.73 Å². The summed E-state index contributed by atoms with van der Waals surface area (Å²) < 4.78 is 2.08. The van der Waals surface area contributed by atoms with Gasteiger partial charge in [0, 0.05) is 17.8 Å². The van der Waals surface area contributed by atoms with Crippen LogP contribution in [0.4, 0.5) is 5.69 Å². The zero-order valence-corrected chi connectivity index (χ0v) is 9.64. The van der Waals surface area contributed by atoms with Gasteiger partial charge in [-0.15, -0.1) is 0 Å². The van der Waals surface area contributed by atoms with E-state index in [-0.39, 0.29) is 12.1 Å². The van der Waals surface area contributed by atoms with Crippen LogP contribution in [0.3, 0.4) is 0 Å². The van der Waals surface area contributed by atoms with E-state index in [2.05, 4.69) is 23.4 Å². The second kappa shape index (κ2) is 3.79. The van der Waals surface area contributed by atoms with Crippen molar-refractivity contribution < 1.29 is 5.11 Å². The van der Waals surface area contributed by atoms with Crippen LogP contribution in [0.15, 0.2) is 24.5 Å². The maximum absolute atomic E-state index is 9.06. The number of benzene rings is 1. The zero-order chi connectivity index (χ0) is 11.8.